The van der Waals surface area contributed by atoms with Crippen LogP contribution in [0.15, 0.2) is 30.3 Å². The lowest BCUT2D eigenvalue weighted by Gasteiger charge is -2.18. The van der Waals surface area contributed by atoms with Crippen LogP contribution in [0.5, 0.6) is 0 Å². The molecule has 0 aliphatic carbocycles. The Balaban J connectivity index is 2.48. The van der Waals surface area contributed by atoms with Gasteiger partial charge in [0, 0.05) is 23.7 Å². The van der Waals surface area contributed by atoms with E-state index in [-0.39, 0.29) is 0 Å². The van der Waals surface area contributed by atoms with E-state index in [0.717, 1.165) is 6.54 Å². The summed E-state index contributed by atoms with van der Waals surface area (Å²) in [4.78, 5) is 2.29. The van der Waals surface area contributed by atoms with Gasteiger partial charge in [0.2, 0.25) is 0 Å². The maximum Gasteiger partial charge on any atom is 0.0363 e. The fourth-order valence-electron chi connectivity index (χ4n) is 1.11. The van der Waals surface area contributed by atoms with Crippen molar-refractivity contribution in [2.75, 3.05) is 22.9 Å². The van der Waals surface area contributed by atoms with Crippen LogP contribution in [0.4, 0.5) is 5.69 Å². The third-order valence-electron chi connectivity index (χ3n) is 1.82. The van der Waals surface area contributed by atoms with Crippen molar-refractivity contribution in [2.45, 2.75) is 6.42 Å². The molecule has 0 amide bonds. The van der Waals surface area contributed by atoms with Gasteiger partial charge in [-0.05, 0) is 18.6 Å². The highest BCUT2D eigenvalue weighted by molar-refractivity contribution is 14.1. The molecule has 0 atom stereocenters. The lowest BCUT2D eigenvalue weighted by molar-refractivity contribution is 0.867. The number of rotatable bonds is 4. The van der Waals surface area contributed by atoms with Crippen LogP contribution in [0.3, 0.4) is 0 Å². The lowest BCUT2D eigenvalue weighted by Crippen LogP contribution is -2.18. The Labute approximate surface area is 87.9 Å². The van der Waals surface area contributed by atoms with E-state index in [4.69, 9.17) is 0 Å². The van der Waals surface area contributed by atoms with Crippen molar-refractivity contribution in [3.05, 3.63) is 30.3 Å². The van der Waals surface area contributed by atoms with Gasteiger partial charge in [-0.1, -0.05) is 40.8 Å². The summed E-state index contributed by atoms with van der Waals surface area (Å²) in [6, 6.07) is 10.5. The molecular formula is C10H14IN. The summed E-state index contributed by atoms with van der Waals surface area (Å²) in [5.41, 5.74) is 1.31. The van der Waals surface area contributed by atoms with Gasteiger partial charge >= 0.3 is 0 Å². The maximum absolute atomic E-state index is 2.41. The molecule has 1 rings (SSSR count). The zero-order chi connectivity index (χ0) is 8.81. The number of benzene rings is 1. The minimum Gasteiger partial charge on any atom is -0.375 e. The molecule has 0 fully saturated rings. The van der Waals surface area contributed by atoms with E-state index in [1.807, 2.05) is 0 Å². The molecule has 0 saturated heterocycles. The Hall–Kier alpha value is -0.250. The monoisotopic (exact) mass is 275 g/mol. The molecule has 1 aromatic rings. The lowest BCUT2D eigenvalue weighted by atomic mass is 10.3. The van der Waals surface area contributed by atoms with Gasteiger partial charge in [0.05, 0.1) is 0 Å². The minimum absolute atomic E-state index is 1.15. The van der Waals surface area contributed by atoms with E-state index in [1.165, 1.54) is 16.5 Å². The summed E-state index contributed by atoms with van der Waals surface area (Å²) in [5, 5.41) is 0. The standard InChI is InChI=1S/C10H14IN/c1-12(9-5-8-11)10-6-3-2-4-7-10/h2-4,6-7H,5,8-9H2,1H3. The molecule has 66 valence electrons. The van der Waals surface area contributed by atoms with E-state index in [1.54, 1.807) is 0 Å². The topological polar surface area (TPSA) is 3.24 Å². The number of hydrogen-bond donors (Lipinski definition) is 0. The second-order valence-corrected chi connectivity index (χ2v) is 3.88. The summed E-state index contributed by atoms with van der Waals surface area (Å²) in [6.07, 6.45) is 1.26. The van der Waals surface area contributed by atoms with Crippen LogP contribution in [0.25, 0.3) is 0 Å². The van der Waals surface area contributed by atoms with Crippen LogP contribution in [-0.2, 0) is 0 Å². The second kappa shape index (κ2) is 5.41. The Morgan fingerprint density at radius 2 is 1.92 bits per heavy atom. The first-order valence-electron chi connectivity index (χ1n) is 4.16. The molecule has 0 aliphatic heterocycles. The normalized spacial score (nSPS) is 9.83. The van der Waals surface area contributed by atoms with Crippen molar-refractivity contribution in [3.63, 3.8) is 0 Å². The van der Waals surface area contributed by atoms with Crippen LogP contribution in [0, 0.1) is 0 Å². The van der Waals surface area contributed by atoms with Crippen molar-refractivity contribution in [1.29, 1.82) is 0 Å². The SMILES string of the molecule is CN(CCCI)c1ccccc1. The Kier molecular flexibility index (Phi) is 4.43. The molecule has 0 aliphatic rings. The third-order valence-corrected chi connectivity index (χ3v) is 2.59. The number of halogens is 1. The van der Waals surface area contributed by atoms with Gasteiger partial charge in [0.1, 0.15) is 0 Å². The summed E-state index contributed by atoms with van der Waals surface area (Å²) in [6.45, 7) is 1.15. The van der Waals surface area contributed by atoms with Gasteiger partial charge in [0.15, 0.2) is 0 Å². The first kappa shape index (κ1) is 9.84. The van der Waals surface area contributed by atoms with E-state index >= 15 is 0 Å². The smallest absolute Gasteiger partial charge is 0.0363 e. The Bertz CT molecular complexity index is 210. The van der Waals surface area contributed by atoms with Crippen molar-refractivity contribution in [1.82, 2.24) is 0 Å². The van der Waals surface area contributed by atoms with Crippen molar-refractivity contribution in [3.8, 4) is 0 Å². The van der Waals surface area contributed by atoms with Gasteiger partial charge in [-0.2, -0.15) is 0 Å². The Morgan fingerprint density at radius 1 is 1.25 bits per heavy atom. The molecule has 0 unspecified atom stereocenters. The quantitative estimate of drug-likeness (QED) is 0.603. The molecule has 0 bridgehead atoms. The molecular weight excluding hydrogens is 261 g/mol. The van der Waals surface area contributed by atoms with E-state index in [9.17, 15) is 0 Å². The number of para-hydroxylation sites is 1. The average Bonchev–Trinajstić information content (AvgIpc) is 2.15. The zero-order valence-electron chi connectivity index (χ0n) is 7.33. The van der Waals surface area contributed by atoms with Crippen molar-refractivity contribution >= 4 is 28.3 Å². The predicted octanol–water partition coefficient (Wildman–Crippen LogP) is 2.95. The summed E-state index contributed by atoms with van der Waals surface area (Å²) >= 11 is 2.41. The first-order chi connectivity index (χ1) is 5.84. The van der Waals surface area contributed by atoms with E-state index < -0.39 is 0 Å². The molecule has 1 nitrogen and oxygen atoms in total. The van der Waals surface area contributed by atoms with Gasteiger partial charge in [-0.3, -0.25) is 0 Å². The van der Waals surface area contributed by atoms with Gasteiger partial charge < -0.3 is 4.90 Å². The van der Waals surface area contributed by atoms with Crippen LogP contribution < -0.4 is 4.90 Å². The fourth-order valence-corrected chi connectivity index (χ4v) is 1.45. The maximum atomic E-state index is 2.41. The summed E-state index contributed by atoms with van der Waals surface area (Å²) in [5.74, 6) is 0. The summed E-state index contributed by atoms with van der Waals surface area (Å²) < 4.78 is 1.23. The van der Waals surface area contributed by atoms with Crippen LogP contribution in [-0.4, -0.2) is 18.0 Å². The van der Waals surface area contributed by atoms with Crippen LogP contribution >= 0.6 is 22.6 Å². The fraction of sp³-hybridized carbons (Fsp3) is 0.400. The predicted molar refractivity (Wildman–Crippen MR) is 63.2 cm³/mol. The van der Waals surface area contributed by atoms with Gasteiger partial charge in [-0.15, -0.1) is 0 Å². The van der Waals surface area contributed by atoms with Crippen molar-refractivity contribution in [2.24, 2.45) is 0 Å². The first-order valence-corrected chi connectivity index (χ1v) is 5.69. The minimum atomic E-state index is 1.15. The molecule has 0 spiro atoms. The van der Waals surface area contributed by atoms with Gasteiger partial charge in [0.25, 0.3) is 0 Å². The highest BCUT2D eigenvalue weighted by atomic mass is 127. The largest absolute Gasteiger partial charge is 0.375 e. The van der Waals surface area contributed by atoms with Crippen LogP contribution in [0.1, 0.15) is 6.42 Å². The van der Waals surface area contributed by atoms with Gasteiger partial charge in [-0.25, -0.2) is 0 Å². The number of alkyl halides is 1. The highest BCUT2D eigenvalue weighted by Crippen LogP contribution is 2.10. The second-order valence-electron chi connectivity index (χ2n) is 2.80. The van der Waals surface area contributed by atoms with Crippen molar-refractivity contribution < 1.29 is 0 Å². The molecule has 0 heterocycles. The third kappa shape index (κ3) is 3.01. The molecule has 0 aromatic heterocycles. The number of anilines is 1. The zero-order valence-corrected chi connectivity index (χ0v) is 9.49. The Morgan fingerprint density at radius 3 is 2.50 bits per heavy atom. The van der Waals surface area contributed by atoms with Crippen LogP contribution in [0.2, 0.25) is 0 Å². The average molecular weight is 275 g/mol. The molecule has 2 heteroatoms. The molecule has 12 heavy (non-hydrogen) atoms. The molecule has 0 N–H and O–H groups in total. The molecule has 0 saturated carbocycles. The summed E-state index contributed by atoms with van der Waals surface area (Å²) in [7, 11) is 2.14. The van der Waals surface area contributed by atoms with E-state index in [2.05, 4.69) is 64.9 Å². The highest BCUT2D eigenvalue weighted by Gasteiger charge is 1.96. The van der Waals surface area contributed by atoms with E-state index in [0.29, 0.717) is 0 Å². The number of nitrogens with zero attached hydrogens (tertiary/aromatic N) is 1. The number of hydrogen-bond acceptors (Lipinski definition) is 1. The molecule has 0 radical (unpaired) electrons. The molecule has 1 aromatic carbocycles.